The van der Waals surface area contributed by atoms with E-state index >= 15 is 0 Å². The fraction of sp³-hybridized carbons (Fsp3) is 0.893. The van der Waals surface area contributed by atoms with Gasteiger partial charge in [0.1, 0.15) is 13.2 Å². The molecule has 0 spiro atoms. The molecule has 0 saturated heterocycles. The minimum Gasteiger partial charge on any atom is -0.756 e. The number of carbonyl (C=O) groups is 1. The molecule has 37 heavy (non-hydrogen) atoms. The van der Waals surface area contributed by atoms with E-state index in [-0.39, 0.29) is 19.1 Å². The third-order valence-corrected chi connectivity index (χ3v) is 7.21. The Hall–Kier alpha value is -0.760. The van der Waals surface area contributed by atoms with Crippen molar-refractivity contribution in [2.45, 2.75) is 122 Å². The Morgan fingerprint density at radius 1 is 0.919 bits per heavy atom. The van der Waals surface area contributed by atoms with Crippen molar-refractivity contribution in [3.05, 3.63) is 12.2 Å². The van der Waals surface area contributed by atoms with Crippen molar-refractivity contribution in [2.75, 3.05) is 40.9 Å². The minimum atomic E-state index is -4.55. The summed E-state index contributed by atoms with van der Waals surface area (Å²) in [7, 11) is 1.25. The zero-order chi connectivity index (χ0) is 28.0. The van der Waals surface area contributed by atoms with Crippen LogP contribution in [0.25, 0.3) is 0 Å². The summed E-state index contributed by atoms with van der Waals surface area (Å²) in [5, 5.41) is 13.4. The molecule has 0 aromatic carbocycles. The monoisotopic (exact) mass is 548 g/mol. The van der Waals surface area contributed by atoms with Crippen molar-refractivity contribution in [1.29, 1.82) is 0 Å². The minimum absolute atomic E-state index is 0.000234. The van der Waals surface area contributed by atoms with Gasteiger partial charge in [-0.1, -0.05) is 96.6 Å². The van der Waals surface area contributed by atoms with Crippen LogP contribution in [-0.2, 0) is 18.4 Å². The lowest BCUT2D eigenvalue weighted by molar-refractivity contribution is -0.870. The highest BCUT2D eigenvalue weighted by molar-refractivity contribution is 7.45. The summed E-state index contributed by atoms with van der Waals surface area (Å²) in [4.78, 5) is 24.8. The number of phosphoric ester groups is 1. The van der Waals surface area contributed by atoms with Gasteiger partial charge in [-0.2, -0.15) is 0 Å². The number of quaternary nitrogens is 1. The number of unbranched alkanes of at least 4 members (excludes halogenated alkanes) is 12. The van der Waals surface area contributed by atoms with Gasteiger partial charge in [0.25, 0.3) is 7.82 Å². The number of aliphatic hydroxyl groups excluding tert-OH is 1. The van der Waals surface area contributed by atoms with Crippen LogP contribution >= 0.6 is 7.82 Å². The van der Waals surface area contributed by atoms with E-state index in [9.17, 15) is 19.4 Å². The second-order valence-electron chi connectivity index (χ2n) is 11.1. The molecule has 0 saturated carbocycles. The third-order valence-electron chi connectivity index (χ3n) is 6.25. The first kappa shape index (κ1) is 36.2. The lowest BCUT2D eigenvalue weighted by Gasteiger charge is -2.29. The van der Waals surface area contributed by atoms with Crippen LogP contribution in [0.5, 0.6) is 0 Å². The highest BCUT2D eigenvalue weighted by Gasteiger charge is 2.23. The Morgan fingerprint density at radius 2 is 1.46 bits per heavy atom. The average molecular weight is 549 g/mol. The lowest BCUT2D eigenvalue weighted by Crippen LogP contribution is -2.45. The number of nitrogens with zero attached hydrogens (tertiary/aromatic N) is 1. The van der Waals surface area contributed by atoms with E-state index in [1.807, 2.05) is 27.2 Å². The second kappa shape index (κ2) is 22.1. The molecule has 0 aliphatic heterocycles. The molecule has 2 N–H and O–H groups in total. The largest absolute Gasteiger partial charge is 0.756 e. The molecule has 3 unspecified atom stereocenters. The van der Waals surface area contributed by atoms with Gasteiger partial charge in [-0.25, -0.2) is 0 Å². The first-order chi connectivity index (χ1) is 17.5. The number of nitrogens with one attached hydrogen (secondary N) is 1. The molecular formula is C28H57N2O6P. The first-order valence-electron chi connectivity index (χ1n) is 14.6. The zero-order valence-electron chi connectivity index (χ0n) is 24.4. The maximum atomic E-state index is 12.5. The summed E-state index contributed by atoms with van der Waals surface area (Å²) >= 11 is 0. The molecule has 0 rings (SSSR count). The van der Waals surface area contributed by atoms with Gasteiger partial charge in [-0.3, -0.25) is 9.36 Å². The van der Waals surface area contributed by atoms with Crippen LogP contribution in [0.4, 0.5) is 0 Å². The highest BCUT2D eigenvalue weighted by Crippen LogP contribution is 2.38. The average Bonchev–Trinajstić information content (AvgIpc) is 2.81. The van der Waals surface area contributed by atoms with E-state index in [0.717, 1.165) is 38.5 Å². The van der Waals surface area contributed by atoms with Gasteiger partial charge in [-0.15, -0.1) is 0 Å². The van der Waals surface area contributed by atoms with Crippen molar-refractivity contribution in [1.82, 2.24) is 5.32 Å². The van der Waals surface area contributed by atoms with Gasteiger partial charge in [0.05, 0.1) is 39.9 Å². The highest BCUT2D eigenvalue weighted by atomic mass is 31.2. The Kier molecular flexibility index (Phi) is 21.6. The molecular weight excluding hydrogens is 491 g/mol. The Labute approximate surface area is 227 Å². The molecule has 0 aromatic rings. The van der Waals surface area contributed by atoms with E-state index in [1.165, 1.54) is 51.4 Å². The van der Waals surface area contributed by atoms with Gasteiger partial charge < -0.3 is 28.8 Å². The SMILES string of the molecule is CCCCCCC/C=C/C(O)C(COP(=O)([O-])OCC[N+](C)(C)C)NC(=O)CCCCCCCCCC. The smallest absolute Gasteiger partial charge is 0.268 e. The van der Waals surface area contributed by atoms with E-state index in [4.69, 9.17) is 9.05 Å². The number of allylic oxidation sites excluding steroid dienone is 1. The molecule has 9 heteroatoms. The molecule has 0 aliphatic carbocycles. The Balaban J connectivity index is 4.71. The van der Waals surface area contributed by atoms with Crippen LogP contribution in [0.2, 0.25) is 0 Å². The maximum Gasteiger partial charge on any atom is 0.268 e. The van der Waals surface area contributed by atoms with Crippen molar-refractivity contribution in [3.63, 3.8) is 0 Å². The van der Waals surface area contributed by atoms with Crippen LogP contribution in [0.1, 0.15) is 110 Å². The Bertz CT molecular complexity index is 639. The molecule has 8 nitrogen and oxygen atoms in total. The predicted molar refractivity (Wildman–Crippen MR) is 150 cm³/mol. The van der Waals surface area contributed by atoms with E-state index in [0.29, 0.717) is 17.4 Å². The van der Waals surface area contributed by atoms with Gasteiger partial charge in [-0.05, 0) is 19.3 Å². The van der Waals surface area contributed by atoms with E-state index in [2.05, 4.69) is 19.2 Å². The molecule has 0 fully saturated rings. The molecule has 0 aromatic heterocycles. The first-order valence-corrected chi connectivity index (χ1v) is 16.0. The fourth-order valence-corrected chi connectivity index (χ4v) is 4.52. The van der Waals surface area contributed by atoms with E-state index < -0.39 is 20.0 Å². The quantitative estimate of drug-likeness (QED) is 0.0676. The molecule has 0 radical (unpaired) electrons. The van der Waals surface area contributed by atoms with E-state index in [1.54, 1.807) is 6.08 Å². The van der Waals surface area contributed by atoms with Gasteiger partial charge in [0.2, 0.25) is 5.91 Å². The van der Waals surface area contributed by atoms with Crippen LogP contribution in [0.3, 0.4) is 0 Å². The van der Waals surface area contributed by atoms with Crippen LogP contribution < -0.4 is 10.2 Å². The van der Waals surface area contributed by atoms with Gasteiger partial charge in [0.15, 0.2) is 0 Å². The second-order valence-corrected chi connectivity index (χ2v) is 12.5. The number of amides is 1. The van der Waals surface area contributed by atoms with Crippen LogP contribution in [0, 0.1) is 0 Å². The number of phosphoric acid groups is 1. The van der Waals surface area contributed by atoms with Crippen molar-refractivity contribution >= 4 is 13.7 Å². The van der Waals surface area contributed by atoms with Crippen molar-refractivity contribution < 1.29 is 32.9 Å². The number of aliphatic hydroxyl groups is 1. The lowest BCUT2D eigenvalue weighted by atomic mass is 10.1. The maximum absolute atomic E-state index is 12.5. The number of carbonyl (C=O) groups excluding carboxylic acids is 1. The predicted octanol–water partition coefficient (Wildman–Crippen LogP) is 5.49. The molecule has 0 heterocycles. The molecule has 0 bridgehead atoms. The summed E-state index contributed by atoms with van der Waals surface area (Å²) in [5.41, 5.74) is 0. The standard InChI is InChI=1S/C28H57N2O6P/c1-6-8-10-12-14-16-18-20-22-28(32)29-26(27(31)21-19-17-15-13-11-9-7-2)25-36-37(33,34)35-24-23-30(3,4)5/h19,21,26-27,31H,6-18,20,22-25H2,1-5H3,(H-,29,32,33,34)/b21-19+. The normalized spacial score (nSPS) is 15.5. The number of likely N-dealkylation sites (N-methyl/N-ethyl adjacent to an activating group) is 1. The van der Waals surface area contributed by atoms with Crippen molar-refractivity contribution in [2.24, 2.45) is 0 Å². The topological polar surface area (TPSA) is 108 Å². The summed E-state index contributed by atoms with van der Waals surface area (Å²) in [6.07, 6.45) is 18.5. The number of hydrogen-bond acceptors (Lipinski definition) is 6. The molecule has 3 atom stereocenters. The van der Waals surface area contributed by atoms with Crippen LogP contribution in [-0.4, -0.2) is 68.5 Å². The molecule has 1 amide bonds. The molecule has 220 valence electrons. The van der Waals surface area contributed by atoms with Gasteiger partial charge in [0, 0.05) is 6.42 Å². The summed E-state index contributed by atoms with van der Waals surface area (Å²) in [6, 6.07) is -0.873. The van der Waals surface area contributed by atoms with Crippen LogP contribution in [0.15, 0.2) is 12.2 Å². The molecule has 0 aliphatic rings. The number of hydrogen-bond donors (Lipinski definition) is 2. The fourth-order valence-electron chi connectivity index (χ4n) is 3.79. The summed E-state index contributed by atoms with van der Waals surface area (Å²) in [6.45, 7) is 4.50. The number of rotatable bonds is 25. The summed E-state index contributed by atoms with van der Waals surface area (Å²) in [5.74, 6) is -0.210. The van der Waals surface area contributed by atoms with Crippen molar-refractivity contribution in [3.8, 4) is 0 Å². The third kappa shape index (κ3) is 24.0. The van der Waals surface area contributed by atoms with Gasteiger partial charge >= 0.3 is 0 Å². The Morgan fingerprint density at radius 3 is 2.03 bits per heavy atom. The summed E-state index contributed by atoms with van der Waals surface area (Å²) < 4.78 is 22.8. The zero-order valence-corrected chi connectivity index (χ0v) is 25.3.